The van der Waals surface area contributed by atoms with Gasteiger partial charge >= 0.3 is 0 Å². The Morgan fingerprint density at radius 1 is 0.974 bits per heavy atom. The summed E-state index contributed by atoms with van der Waals surface area (Å²) in [7, 11) is 3.41. The number of aromatic nitrogens is 4. The Balaban J connectivity index is 1.23. The Morgan fingerprint density at radius 2 is 1.82 bits per heavy atom. The van der Waals surface area contributed by atoms with Crippen molar-refractivity contribution in [2.45, 2.75) is 28.7 Å². The van der Waals surface area contributed by atoms with Crippen LogP contribution in [-0.4, -0.2) is 53.6 Å². The molecule has 4 heterocycles. The molecule has 0 unspecified atom stereocenters. The quantitative estimate of drug-likeness (QED) is 0.272. The molecule has 1 atom stereocenters. The van der Waals surface area contributed by atoms with Crippen molar-refractivity contribution in [2.24, 2.45) is 0 Å². The summed E-state index contributed by atoms with van der Waals surface area (Å²) >= 11 is 1.65. The van der Waals surface area contributed by atoms with Crippen molar-refractivity contribution in [3.05, 3.63) is 73.1 Å². The van der Waals surface area contributed by atoms with E-state index in [0.717, 1.165) is 74.9 Å². The molecule has 0 amide bonds. The highest BCUT2D eigenvalue weighted by atomic mass is 32.2. The molecule has 1 aliphatic rings. The lowest BCUT2D eigenvalue weighted by Gasteiger charge is -2.33. The van der Waals surface area contributed by atoms with Gasteiger partial charge in [0, 0.05) is 58.7 Å². The van der Waals surface area contributed by atoms with Crippen molar-refractivity contribution >= 4 is 50.9 Å². The first-order valence-electron chi connectivity index (χ1n) is 12.6. The van der Waals surface area contributed by atoms with E-state index in [1.54, 1.807) is 38.4 Å². The number of rotatable bonds is 7. The standard InChI is InChI=1S/C29H28N6O2S/c1-36-20-6-5-15-35(18-20)29-24-8-4-3-7-23(24)28(33-34-29)32-19-9-11-22(12-10-19)38-26-13-14-30-25-16-21(37-2)17-31-27(25)26/h3-4,7-14,16-17,20H,5-6,15,18H2,1-2H3,(H,32,33)/t20-/m1/s1. The Bertz CT molecular complexity index is 1580. The fourth-order valence-corrected chi connectivity index (χ4v) is 5.70. The van der Waals surface area contributed by atoms with Gasteiger partial charge in [0.1, 0.15) is 11.3 Å². The predicted octanol–water partition coefficient (Wildman–Crippen LogP) is 6.09. The van der Waals surface area contributed by atoms with Crippen molar-refractivity contribution in [3.63, 3.8) is 0 Å². The molecule has 2 aromatic carbocycles. The maximum absolute atomic E-state index is 5.62. The molecule has 1 fully saturated rings. The van der Waals surface area contributed by atoms with Crippen LogP contribution in [0.3, 0.4) is 0 Å². The summed E-state index contributed by atoms with van der Waals surface area (Å²) in [5, 5.41) is 14.8. The van der Waals surface area contributed by atoms with E-state index in [4.69, 9.17) is 9.47 Å². The van der Waals surface area contributed by atoms with E-state index in [-0.39, 0.29) is 6.10 Å². The first kappa shape index (κ1) is 24.4. The SMILES string of the molecule is COc1cnc2c(Sc3ccc(Nc4nnc(N5CCC[C@@H](OC)C5)c5ccccc45)cc3)ccnc2c1. The minimum absolute atomic E-state index is 0.224. The minimum Gasteiger partial charge on any atom is -0.495 e. The van der Waals surface area contributed by atoms with Crippen molar-refractivity contribution in [2.75, 3.05) is 37.5 Å². The minimum atomic E-state index is 0.224. The topological polar surface area (TPSA) is 85.3 Å². The fraction of sp³-hybridized carbons (Fsp3) is 0.241. The van der Waals surface area contributed by atoms with E-state index < -0.39 is 0 Å². The van der Waals surface area contributed by atoms with Gasteiger partial charge in [-0.1, -0.05) is 36.0 Å². The van der Waals surface area contributed by atoms with Gasteiger partial charge in [0.2, 0.25) is 0 Å². The van der Waals surface area contributed by atoms with Crippen molar-refractivity contribution < 1.29 is 9.47 Å². The van der Waals surface area contributed by atoms with Crippen LogP contribution >= 0.6 is 11.8 Å². The molecule has 0 radical (unpaired) electrons. The van der Waals surface area contributed by atoms with Crippen LogP contribution in [0.5, 0.6) is 5.75 Å². The fourth-order valence-electron chi connectivity index (χ4n) is 4.79. The van der Waals surface area contributed by atoms with Crippen LogP contribution in [-0.2, 0) is 4.74 Å². The Labute approximate surface area is 225 Å². The number of pyridine rings is 2. The molecule has 3 aromatic heterocycles. The number of anilines is 3. The van der Waals surface area contributed by atoms with Crippen LogP contribution in [0.15, 0.2) is 82.8 Å². The number of nitrogens with one attached hydrogen (secondary N) is 1. The van der Waals surface area contributed by atoms with E-state index in [9.17, 15) is 0 Å². The molecule has 0 bridgehead atoms. The second-order valence-electron chi connectivity index (χ2n) is 9.17. The average Bonchev–Trinajstić information content (AvgIpc) is 2.98. The number of piperidine rings is 1. The van der Waals surface area contributed by atoms with Crippen LogP contribution in [0.25, 0.3) is 21.8 Å². The highest BCUT2D eigenvalue weighted by molar-refractivity contribution is 7.99. The Kier molecular flexibility index (Phi) is 6.94. The average molecular weight is 525 g/mol. The second kappa shape index (κ2) is 10.8. The molecule has 38 heavy (non-hydrogen) atoms. The monoisotopic (exact) mass is 524 g/mol. The summed E-state index contributed by atoms with van der Waals surface area (Å²) in [6.07, 6.45) is 5.91. The van der Waals surface area contributed by atoms with Gasteiger partial charge in [-0.3, -0.25) is 4.98 Å². The normalized spacial score (nSPS) is 15.6. The number of hydrogen-bond donors (Lipinski definition) is 1. The molecule has 9 heteroatoms. The van der Waals surface area contributed by atoms with Gasteiger partial charge in [0.25, 0.3) is 0 Å². The number of ether oxygens (including phenoxy) is 2. The van der Waals surface area contributed by atoms with E-state index in [1.165, 1.54) is 0 Å². The lowest BCUT2D eigenvalue weighted by atomic mass is 10.1. The molecule has 1 saturated heterocycles. The third-order valence-electron chi connectivity index (χ3n) is 6.77. The molecule has 5 aromatic rings. The molecule has 1 N–H and O–H groups in total. The predicted molar refractivity (Wildman–Crippen MR) is 152 cm³/mol. The smallest absolute Gasteiger partial charge is 0.161 e. The largest absolute Gasteiger partial charge is 0.495 e. The van der Waals surface area contributed by atoms with Crippen LogP contribution in [0.1, 0.15) is 12.8 Å². The summed E-state index contributed by atoms with van der Waals surface area (Å²) in [5.41, 5.74) is 2.61. The number of benzene rings is 2. The highest BCUT2D eigenvalue weighted by Crippen LogP contribution is 2.35. The maximum atomic E-state index is 5.62. The van der Waals surface area contributed by atoms with Gasteiger partial charge in [0.05, 0.1) is 24.9 Å². The van der Waals surface area contributed by atoms with Crippen molar-refractivity contribution in [1.82, 2.24) is 20.2 Å². The third-order valence-corrected chi connectivity index (χ3v) is 7.83. The lowest BCUT2D eigenvalue weighted by Crippen LogP contribution is -2.39. The molecule has 8 nitrogen and oxygen atoms in total. The van der Waals surface area contributed by atoms with Crippen LogP contribution < -0.4 is 15.0 Å². The van der Waals surface area contributed by atoms with Gasteiger partial charge in [-0.15, -0.1) is 10.2 Å². The summed E-state index contributed by atoms with van der Waals surface area (Å²) in [4.78, 5) is 13.4. The van der Waals surface area contributed by atoms with Crippen molar-refractivity contribution in [3.8, 4) is 5.75 Å². The van der Waals surface area contributed by atoms with Crippen LogP contribution in [0, 0.1) is 0 Å². The number of methoxy groups -OCH3 is 2. The molecule has 0 aliphatic carbocycles. The highest BCUT2D eigenvalue weighted by Gasteiger charge is 2.23. The van der Waals surface area contributed by atoms with Crippen LogP contribution in [0.2, 0.25) is 0 Å². The summed E-state index contributed by atoms with van der Waals surface area (Å²) < 4.78 is 10.9. The molecule has 0 saturated carbocycles. The Hall–Kier alpha value is -3.95. The third kappa shape index (κ3) is 4.94. The van der Waals surface area contributed by atoms with E-state index in [0.29, 0.717) is 5.75 Å². The van der Waals surface area contributed by atoms with Gasteiger partial charge in [-0.05, 0) is 43.2 Å². The van der Waals surface area contributed by atoms with E-state index in [1.807, 2.05) is 18.2 Å². The molecule has 0 spiro atoms. The maximum Gasteiger partial charge on any atom is 0.161 e. The summed E-state index contributed by atoms with van der Waals surface area (Å²) in [5.74, 6) is 2.35. The number of nitrogens with zero attached hydrogens (tertiary/aromatic N) is 5. The second-order valence-corrected chi connectivity index (χ2v) is 10.3. The zero-order valence-electron chi connectivity index (χ0n) is 21.3. The molecular formula is C29H28N6O2S. The summed E-state index contributed by atoms with van der Waals surface area (Å²) in [6.45, 7) is 1.79. The van der Waals surface area contributed by atoms with Gasteiger partial charge in [0.15, 0.2) is 11.6 Å². The van der Waals surface area contributed by atoms with E-state index >= 15 is 0 Å². The van der Waals surface area contributed by atoms with Gasteiger partial charge < -0.3 is 19.7 Å². The summed E-state index contributed by atoms with van der Waals surface area (Å²) in [6, 6.07) is 20.5. The number of hydrogen-bond acceptors (Lipinski definition) is 9. The molecule has 6 rings (SSSR count). The zero-order chi connectivity index (χ0) is 25.9. The van der Waals surface area contributed by atoms with E-state index in [2.05, 4.69) is 72.8 Å². The van der Waals surface area contributed by atoms with Crippen molar-refractivity contribution in [1.29, 1.82) is 0 Å². The lowest BCUT2D eigenvalue weighted by molar-refractivity contribution is 0.0892. The van der Waals surface area contributed by atoms with Gasteiger partial charge in [-0.2, -0.15) is 0 Å². The zero-order valence-corrected chi connectivity index (χ0v) is 22.1. The van der Waals surface area contributed by atoms with Gasteiger partial charge in [-0.25, -0.2) is 4.98 Å². The molecular weight excluding hydrogens is 496 g/mol. The first-order chi connectivity index (χ1) is 18.7. The first-order valence-corrected chi connectivity index (χ1v) is 13.4. The Morgan fingerprint density at radius 3 is 2.63 bits per heavy atom. The van der Waals surface area contributed by atoms with Crippen LogP contribution in [0.4, 0.5) is 17.3 Å². The number of fused-ring (bicyclic) bond motifs is 2. The molecule has 1 aliphatic heterocycles. The molecule has 192 valence electrons.